The van der Waals surface area contributed by atoms with Crippen LogP contribution < -0.4 is 4.74 Å². The molecule has 3 aromatic carbocycles. The molecule has 0 aliphatic carbocycles. The van der Waals surface area contributed by atoms with Crippen LogP contribution in [0.3, 0.4) is 0 Å². The van der Waals surface area contributed by atoms with Gasteiger partial charge in [0.15, 0.2) is 0 Å². The molecule has 1 N–H and O–H groups in total. The van der Waals surface area contributed by atoms with Crippen molar-refractivity contribution in [1.29, 1.82) is 0 Å². The lowest BCUT2D eigenvalue weighted by Gasteiger charge is -2.14. The van der Waals surface area contributed by atoms with Gasteiger partial charge in [0.25, 0.3) is 0 Å². The van der Waals surface area contributed by atoms with Gasteiger partial charge in [0.1, 0.15) is 11.5 Å². The second kappa shape index (κ2) is 9.31. The number of phenols is 1. The summed E-state index contributed by atoms with van der Waals surface area (Å²) in [7, 11) is 2.64. The minimum atomic E-state index is -0.541. The monoisotopic (exact) mass is 459 g/mol. The van der Waals surface area contributed by atoms with Gasteiger partial charge in [-0.1, -0.05) is 12.1 Å². The molecule has 0 bridgehead atoms. The number of esters is 2. The molecule has 0 aliphatic rings. The first kappa shape index (κ1) is 22.9. The number of hydrogen-bond acceptors (Lipinski definition) is 6. The lowest BCUT2D eigenvalue weighted by atomic mass is 10.0. The Kier molecular flexibility index (Phi) is 6.27. The third kappa shape index (κ3) is 4.20. The van der Waals surface area contributed by atoms with E-state index in [1.54, 1.807) is 42.5 Å². The van der Waals surface area contributed by atoms with Gasteiger partial charge in [0, 0.05) is 11.1 Å². The summed E-state index contributed by atoms with van der Waals surface area (Å²) in [5.74, 6) is -0.236. The number of carbonyl (C=O) groups excluding carboxylic acids is 2. The van der Waals surface area contributed by atoms with Gasteiger partial charge in [-0.25, -0.2) is 9.59 Å². The summed E-state index contributed by atoms with van der Waals surface area (Å²) in [5.41, 5.74) is 3.45. The van der Waals surface area contributed by atoms with Crippen molar-refractivity contribution in [3.63, 3.8) is 0 Å². The van der Waals surface area contributed by atoms with E-state index in [0.29, 0.717) is 33.3 Å². The Morgan fingerprint density at radius 2 is 1.50 bits per heavy atom. The number of ether oxygens (including phenoxy) is 3. The summed E-state index contributed by atoms with van der Waals surface area (Å²) in [4.78, 5) is 24.9. The van der Waals surface area contributed by atoms with Gasteiger partial charge in [-0.2, -0.15) is 0 Å². The molecule has 0 atom stereocenters. The highest BCUT2D eigenvalue weighted by atomic mass is 16.5. The summed E-state index contributed by atoms with van der Waals surface area (Å²) in [6.07, 6.45) is 0.0380. The Hall–Kier alpha value is -4.26. The Balaban J connectivity index is 2.00. The first-order valence-electron chi connectivity index (χ1n) is 10.8. The largest absolute Gasteiger partial charge is 0.508 e. The van der Waals surface area contributed by atoms with Crippen LogP contribution in [0.2, 0.25) is 0 Å². The Morgan fingerprint density at radius 3 is 2.09 bits per heavy atom. The van der Waals surface area contributed by atoms with E-state index in [-0.39, 0.29) is 11.9 Å². The van der Waals surface area contributed by atoms with Crippen molar-refractivity contribution in [2.24, 2.45) is 0 Å². The molecule has 0 unspecified atom stereocenters. The normalized spacial score (nSPS) is 11.0. The number of rotatable bonds is 6. The van der Waals surface area contributed by atoms with Crippen molar-refractivity contribution in [2.45, 2.75) is 20.0 Å². The first-order valence-corrected chi connectivity index (χ1v) is 10.8. The third-order valence-corrected chi connectivity index (χ3v) is 5.39. The van der Waals surface area contributed by atoms with Crippen LogP contribution in [0.15, 0.2) is 66.7 Å². The zero-order valence-corrected chi connectivity index (χ0v) is 19.4. The van der Waals surface area contributed by atoms with Crippen molar-refractivity contribution >= 4 is 22.8 Å². The fourth-order valence-corrected chi connectivity index (χ4v) is 3.96. The fraction of sp³-hybridized carbons (Fsp3) is 0.185. The Bertz CT molecular complexity index is 1350. The maximum atomic E-state index is 13.0. The summed E-state index contributed by atoms with van der Waals surface area (Å²) in [5, 5.41) is 10.7. The van der Waals surface area contributed by atoms with Crippen LogP contribution in [0.25, 0.3) is 27.8 Å². The van der Waals surface area contributed by atoms with Crippen LogP contribution in [0.5, 0.6) is 11.5 Å². The highest BCUT2D eigenvalue weighted by Gasteiger charge is 2.26. The van der Waals surface area contributed by atoms with Crippen LogP contribution in [0, 0.1) is 0 Å². The maximum absolute atomic E-state index is 13.0. The molecule has 7 heteroatoms. The van der Waals surface area contributed by atoms with Crippen LogP contribution in [-0.4, -0.2) is 41.9 Å². The molecule has 4 rings (SSSR count). The van der Waals surface area contributed by atoms with E-state index in [1.165, 1.54) is 14.2 Å². The van der Waals surface area contributed by atoms with E-state index in [1.807, 2.05) is 42.7 Å². The highest BCUT2D eigenvalue weighted by molar-refractivity contribution is 6.11. The standard InChI is InChI=1S/C27H25NO6/c1-16(2)34-21-12-9-19(10-13-21)28-23-14-11-20(29)15-22(23)24(27(31)33-4)25(28)17-5-7-18(8-6-17)26(30)32-3/h5-16,29H,1-4H3. The van der Waals surface area contributed by atoms with E-state index in [9.17, 15) is 14.7 Å². The topological polar surface area (TPSA) is 87.0 Å². The number of carbonyl (C=O) groups is 2. The molecule has 0 spiro atoms. The summed E-state index contributed by atoms with van der Waals surface area (Å²) in [6, 6.07) is 19.2. The maximum Gasteiger partial charge on any atom is 0.340 e. The molecule has 4 aromatic rings. The quantitative estimate of drug-likeness (QED) is 0.391. The molecule has 174 valence electrons. The van der Waals surface area contributed by atoms with E-state index < -0.39 is 11.9 Å². The van der Waals surface area contributed by atoms with Crippen molar-refractivity contribution in [3.05, 3.63) is 77.9 Å². The van der Waals surface area contributed by atoms with Crippen LogP contribution in [0.1, 0.15) is 34.6 Å². The molecule has 1 aromatic heterocycles. The lowest BCUT2D eigenvalue weighted by Crippen LogP contribution is -2.06. The molecule has 0 fully saturated rings. The predicted octanol–water partition coefficient (Wildman–Crippen LogP) is 5.36. The fourth-order valence-electron chi connectivity index (χ4n) is 3.96. The number of phenolic OH excluding ortho intramolecular Hbond substituents is 1. The van der Waals surface area contributed by atoms with Crippen molar-refractivity contribution in [1.82, 2.24) is 4.57 Å². The molecule has 0 saturated carbocycles. The highest BCUT2D eigenvalue weighted by Crippen LogP contribution is 2.38. The predicted molar refractivity (Wildman–Crippen MR) is 129 cm³/mol. The average molecular weight is 459 g/mol. The number of nitrogens with zero attached hydrogens (tertiary/aromatic N) is 1. The van der Waals surface area contributed by atoms with Crippen LogP contribution in [0.4, 0.5) is 0 Å². The zero-order chi connectivity index (χ0) is 24.4. The van der Waals surface area contributed by atoms with Crippen molar-refractivity contribution in [3.8, 4) is 28.4 Å². The van der Waals surface area contributed by atoms with E-state index >= 15 is 0 Å². The molecular weight excluding hydrogens is 434 g/mol. The summed E-state index contributed by atoms with van der Waals surface area (Å²) in [6.45, 7) is 3.91. The average Bonchev–Trinajstić information content (AvgIpc) is 3.17. The Morgan fingerprint density at radius 1 is 0.853 bits per heavy atom. The molecule has 0 saturated heterocycles. The van der Waals surface area contributed by atoms with Gasteiger partial charge in [0.2, 0.25) is 0 Å². The van der Waals surface area contributed by atoms with E-state index in [4.69, 9.17) is 14.2 Å². The number of benzene rings is 3. The van der Waals surface area contributed by atoms with E-state index in [0.717, 1.165) is 11.4 Å². The van der Waals surface area contributed by atoms with Crippen molar-refractivity contribution in [2.75, 3.05) is 14.2 Å². The third-order valence-electron chi connectivity index (χ3n) is 5.39. The minimum Gasteiger partial charge on any atom is -0.508 e. The zero-order valence-electron chi connectivity index (χ0n) is 19.4. The van der Waals surface area contributed by atoms with Gasteiger partial charge in [0.05, 0.1) is 42.7 Å². The second-order valence-corrected chi connectivity index (χ2v) is 7.98. The summed E-state index contributed by atoms with van der Waals surface area (Å²) < 4.78 is 17.6. The smallest absolute Gasteiger partial charge is 0.340 e. The molecule has 1 heterocycles. The second-order valence-electron chi connectivity index (χ2n) is 7.98. The lowest BCUT2D eigenvalue weighted by molar-refractivity contribution is 0.0593. The van der Waals surface area contributed by atoms with Gasteiger partial charge in [-0.05, 0) is 74.0 Å². The molecule has 0 radical (unpaired) electrons. The molecule has 0 aliphatic heterocycles. The summed E-state index contributed by atoms with van der Waals surface area (Å²) >= 11 is 0. The SMILES string of the molecule is COC(=O)c1ccc(-c2c(C(=O)OC)c3cc(O)ccc3n2-c2ccc(OC(C)C)cc2)cc1. The van der Waals surface area contributed by atoms with Gasteiger partial charge < -0.3 is 23.9 Å². The molecule has 7 nitrogen and oxygen atoms in total. The molecular formula is C27H25NO6. The van der Waals surface area contributed by atoms with Crippen LogP contribution in [-0.2, 0) is 9.47 Å². The van der Waals surface area contributed by atoms with E-state index in [2.05, 4.69) is 0 Å². The number of aromatic nitrogens is 1. The number of fused-ring (bicyclic) bond motifs is 1. The van der Waals surface area contributed by atoms with Gasteiger partial charge in [-0.15, -0.1) is 0 Å². The van der Waals surface area contributed by atoms with Gasteiger partial charge in [-0.3, -0.25) is 0 Å². The number of hydrogen-bond donors (Lipinski definition) is 1. The van der Waals surface area contributed by atoms with Crippen molar-refractivity contribution < 1.29 is 28.9 Å². The number of aromatic hydroxyl groups is 1. The Labute approximate surface area is 197 Å². The van der Waals surface area contributed by atoms with Crippen LogP contribution >= 0.6 is 0 Å². The minimum absolute atomic E-state index is 0.0306. The molecule has 34 heavy (non-hydrogen) atoms. The first-order chi connectivity index (χ1) is 16.3. The number of methoxy groups -OCH3 is 2. The van der Waals surface area contributed by atoms with Gasteiger partial charge >= 0.3 is 11.9 Å². The molecule has 0 amide bonds.